The molecule has 0 aliphatic carbocycles. The van der Waals surface area contributed by atoms with Gasteiger partial charge >= 0.3 is 0 Å². The van der Waals surface area contributed by atoms with Gasteiger partial charge in [-0.2, -0.15) is 0 Å². The average molecular weight is 270 g/mol. The molecule has 112 valence electrons. The molecular weight excluding hydrogens is 240 g/mol. The van der Waals surface area contributed by atoms with E-state index in [1.165, 1.54) is 25.7 Å². The van der Waals surface area contributed by atoms with Crippen LogP contribution in [0.1, 0.15) is 52.4 Å². The molecule has 1 rings (SSSR count). The van der Waals surface area contributed by atoms with Gasteiger partial charge in [0.1, 0.15) is 0 Å². The molecule has 1 saturated heterocycles. The summed E-state index contributed by atoms with van der Waals surface area (Å²) >= 11 is 0. The van der Waals surface area contributed by atoms with E-state index in [0.717, 1.165) is 32.6 Å². The van der Waals surface area contributed by atoms with E-state index in [9.17, 15) is 4.79 Å². The van der Waals surface area contributed by atoms with Crippen LogP contribution in [0.5, 0.6) is 0 Å². The lowest BCUT2D eigenvalue weighted by Crippen LogP contribution is -2.43. The molecule has 0 aromatic rings. The van der Waals surface area contributed by atoms with Crippen molar-refractivity contribution >= 4 is 5.91 Å². The predicted molar refractivity (Wildman–Crippen MR) is 78.2 cm³/mol. The molecule has 4 heteroatoms. The van der Waals surface area contributed by atoms with Crippen LogP contribution in [0.15, 0.2) is 0 Å². The third kappa shape index (κ3) is 7.53. The topological polar surface area (TPSA) is 50.4 Å². The van der Waals surface area contributed by atoms with Crippen LogP contribution in [0, 0.1) is 5.92 Å². The van der Waals surface area contributed by atoms with Gasteiger partial charge in [-0.3, -0.25) is 4.79 Å². The fraction of sp³-hybridized carbons (Fsp3) is 0.933. The highest BCUT2D eigenvalue weighted by Gasteiger charge is 2.15. The summed E-state index contributed by atoms with van der Waals surface area (Å²) in [4.78, 5) is 11.8. The maximum Gasteiger partial charge on any atom is 0.234 e. The van der Waals surface area contributed by atoms with E-state index in [0.29, 0.717) is 18.5 Å². The van der Waals surface area contributed by atoms with Crippen molar-refractivity contribution < 1.29 is 9.53 Å². The average Bonchev–Trinajstić information content (AvgIpc) is 2.43. The van der Waals surface area contributed by atoms with Crippen LogP contribution in [0.2, 0.25) is 0 Å². The SMILES string of the molecule is CCCCC(CC)CNCC(=O)NC1CCOCC1. The van der Waals surface area contributed by atoms with Gasteiger partial charge in [0.25, 0.3) is 0 Å². The van der Waals surface area contributed by atoms with Gasteiger partial charge in [-0.05, 0) is 31.7 Å². The number of hydrogen-bond donors (Lipinski definition) is 2. The van der Waals surface area contributed by atoms with Crippen molar-refractivity contribution in [1.82, 2.24) is 10.6 Å². The summed E-state index contributed by atoms with van der Waals surface area (Å²) in [7, 11) is 0. The molecule has 4 nitrogen and oxygen atoms in total. The van der Waals surface area contributed by atoms with Crippen molar-refractivity contribution in [3.8, 4) is 0 Å². The number of carbonyl (C=O) groups excluding carboxylic acids is 1. The molecule has 0 aromatic heterocycles. The minimum absolute atomic E-state index is 0.122. The van der Waals surface area contributed by atoms with E-state index >= 15 is 0 Å². The standard InChI is InChI=1S/C15H30N2O2/c1-3-5-6-13(4-2)11-16-12-15(18)17-14-7-9-19-10-8-14/h13-14,16H,3-12H2,1-2H3,(H,17,18). The molecule has 1 aliphatic rings. The van der Waals surface area contributed by atoms with E-state index in [4.69, 9.17) is 4.74 Å². The van der Waals surface area contributed by atoms with Crippen LogP contribution in [-0.4, -0.2) is 38.3 Å². The lowest BCUT2D eigenvalue weighted by molar-refractivity contribution is -0.121. The van der Waals surface area contributed by atoms with Gasteiger partial charge in [-0.1, -0.05) is 33.1 Å². The van der Waals surface area contributed by atoms with Crippen molar-refractivity contribution in [2.75, 3.05) is 26.3 Å². The Morgan fingerprint density at radius 3 is 2.68 bits per heavy atom. The molecular formula is C15H30N2O2. The summed E-state index contributed by atoms with van der Waals surface area (Å²) in [5, 5.41) is 6.36. The third-order valence-corrected chi connectivity index (χ3v) is 3.85. The van der Waals surface area contributed by atoms with E-state index in [2.05, 4.69) is 24.5 Å². The zero-order valence-electron chi connectivity index (χ0n) is 12.5. The van der Waals surface area contributed by atoms with E-state index in [1.54, 1.807) is 0 Å². The first-order valence-electron chi connectivity index (χ1n) is 7.84. The molecule has 0 radical (unpaired) electrons. The highest BCUT2D eigenvalue weighted by atomic mass is 16.5. The maximum atomic E-state index is 11.8. The monoisotopic (exact) mass is 270 g/mol. The Morgan fingerprint density at radius 2 is 2.05 bits per heavy atom. The van der Waals surface area contributed by atoms with Crippen molar-refractivity contribution in [2.45, 2.75) is 58.4 Å². The van der Waals surface area contributed by atoms with Crippen LogP contribution in [0.4, 0.5) is 0 Å². The largest absolute Gasteiger partial charge is 0.381 e. The van der Waals surface area contributed by atoms with Crippen molar-refractivity contribution in [3.63, 3.8) is 0 Å². The van der Waals surface area contributed by atoms with E-state index < -0.39 is 0 Å². The molecule has 1 fully saturated rings. The first-order valence-corrected chi connectivity index (χ1v) is 7.84. The van der Waals surface area contributed by atoms with Gasteiger partial charge in [-0.25, -0.2) is 0 Å². The molecule has 0 aromatic carbocycles. The van der Waals surface area contributed by atoms with Crippen molar-refractivity contribution in [3.05, 3.63) is 0 Å². The summed E-state index contributed by atoms with van der Waals surface area (Å²) < 4.78 is 5.28. The third-order valence-electron chi connectivity index (χ3n) is 3.85. The van der Waals surface area contributed by atoms with Crippen LogP contribution in [0.3, 0.4) is 0 Å². The van der Waals surface area contributed by atoms with Crippen LogP contribution >= 0.6 is 0 Å². The second-order valence-electron chi connectivity index (χ2n) is 5.50. The molecule has 1 unspecified atom stereocenters. The predicted octanol–water partition coefficient (Wildman–Crippen LogP) is 2.09. The second kappa shape index (κ2) is 10.2. The van der Waals surface area contributed by atoms with Crippen LogP contribution in [0.25, 0.3) is 0 Å². The number of carbonyl (C=O) groups is 1. The van der Waals surface area contributed by atoms with Crippen LogP contribution in [-0.2, 0) is 9.53 Å². The maximum absolute atomic E-state index is 11.8. The summed E-state index contributed by atoms with van der Waals surface area (Å²) in [6, 6.07) is 0.310. The Bertz CT molecular complexity index is 240. The lowest BCUT2D eigenvalue weighted by Gasteiger charge is -2.23. The summed E-state index contributed by atoms with van der Waals surface area (Å²) in [6.07, 6.45) is 6.88. The summed E-state index contributed by atoms with van der Waals surface area (Å²) in [5.74, 6) is 0.827. The first-order chi connectivity index (χ1) is 9.26. The molecule has 19 heavy (non-hydrogen) atoms. The molecule has 2 N–H and O–H groups in total. The number of hydrogen-bond acceptors (Lipinski definition) is 3. The number of rotatable bonds is 9. The normalized spacial score (nSPS) is 18.2. The highest BCUT2D eigenvalue weighted by Crippen LogP contribution is 2.11. The van der Waals surface area contributed by atoms with E-state index in [1.807, 2.05) is 0 Å². The van der Waals surface area contributed by atoms with Crippen molar-refractivity contribution in [1.29, 1.82) is 0 Å². The summed E-state index contributed by atoms with van der Waals surface area (Å²) in [6.45, 7) is 7.39. The van der Waals surface area contributed by atoms with E-state index in [-0.39, 0.29) is 5.91 Å². The molecule has 1 aliphatic heterocycles. The first kappa shape index (κ1) is 16.4. The molecule has 0 spiro atoms. The Labute approximate surface area is 117 Å². The van der Waals surface area contributed by atoms with Gasteiger partial charge in [0.2, 0.25) is 5.91 Å². The van der Waals surface area contributed by atoms with Gasteiger partial charge in [0.05, 0.1) is 6.54 Å². The minimum atomic E-state index is 0.122. The highest BCUT2D eigenvalue weighted by molar-refractivity contribution is 5.78. The second-order valence-corrected chi connectivity index (χ2v) is 5.50. The number of amides is 1. The van der Waals surface area contributed by atoms with Gasteiger partial charge in [0.15, 0.2) is 0 Å². The Kier molecular flexibility index (Phi) is 8.84. The van der Waals surface area contributed by atoms with Gasteiger partial charge < -0.3 is 15.4 Å². The smallest absolute Gasteiger partial charge is 0.234 e. The van der Waals surface area contributed by atoms with Gasteiger partial charge in [0, 0.05) is 19.3 Å². The molecule has 0 saturated carbocycles. The minimum Gasteiger partial charge on any atom is -0.381 e. The molecule has 1 amide bonds. The lowest BCUT2D eigenvalue weighted by atomic mass is 9.99. The number of unbranched alkanes of at least 4 members (excludes halogenated alkanes) is 1. The Hall–Kier alpha value is -0.610. The van der Waals surface area contributed by atoms with Crippen molar-refractivity contribution in [2.24, 2.45) is 5.92 Å². The van der Waals surface area contributed by atoms with Gasteiger partial charge in [-0.15, -0.1) is 0 Å². The Balaban J connectivity index is 2.08. The quantitative estimate of drug-likeness (QED) is 0.674. The number of nitrogens with one attached hydrogen (secondary N) is 2. The summed E-state index contributed by atoms with van der Waals surface area (Å²) in [5.41, 5.74) is 0. The molecule has 1 heterocycles. The fourth-order valence-electron chi connectivity index (χ4n) is 2.45. The zero-order chi connectivity index (χ0) is 13.9. The molecule has 1 atom stereocenters. The number of ether oxygens (including phenoxy) is 1. The zero-order valence-corrected chi connectivity index (χ0v) is 12.5. The molecule has 0 bridgehead atoms. The Morgan fingerprint density at radius 1 is 1.32 bits per heavy atom. The van der Waals surface area contributed by atoms with Crippen LogP contribution < -0.4 is 10.6 Å². The fourth-order valence-corrected chi connectivity index (χ4v) is 2.45.